The summed E-state index contributed by atoms with van der Waals surface area (Å²) in [4.78, 5) is 6.74. The molecule has 178 valence electrons. The van der Waals surface area contributed by atoms with Crippen molar-refractivity contribution in [2.75, 3.05) is 18.6 Å². The lowest BCUT2D eigenvalue weighted by Crippen LogP contribution is -2.30. The third kappa shape index (κ3) is 4.45. The van der Waals surface area contributed by atoms with E-state index in [9.17, 15) is 0 Å². The van der Waals surface area contributed by atoms with Crippen molar-refractivity contribution >= 4 is 34.6 Å². The summed E-state index contributed by atoms with van der Waals surface area (Å²) in [6.45, 7) is 2.61. The summed E-state index contributed by atoms with van der Waals surface area (Å²) >= 11 is 12.4. The zero-order valence-corrected chi connectivity index (χ0v) is 21.0. The van der Waals surface area contributed by atoms with Crippen LogP contribution >= 0.6 is 23.8 Å². The van der Waals surface area contributed by atoms with Gasteiger partial charge in [-0.1, -0.05) is 17.7 Å². The number of hydrogen-bond acceptors (Lipinski definition) is 4. The summed E-state index contributed by atoms with van der Waals surface area (Å²) in [6.07, 6.45) is 3.86. The lowest BCUT2D eigenvalue weighted by Gasteiger charge is -2.29. The number of hydrogen-bond donors (Lipinski definition) is 1. The van der Waals surface area contributed by atoms with Gasteiger partial charge < -0.3 is 24.3 Å². The number of halogens is 1. The molecule has 2 atom stereocenters. The number of rotatable bonds is 7. The third-order valence-corrected chi connectivity index (χ3v) is 6.63. The summed E-state index contributed by atoms with van der Waals surface area (Å²) in [6, 6.07) is 23.5. The van der Waals surface area contributed by atoms with Gasteiger partial charge in [-0.25, -0.2) is 0 Å². The van der Waals surface area contributed by atoms with Crippen molar-refractivity contribution in [2.45, 2.75) is 19.0 Å². The molecule has 6 nitrogen and oxygen atoms in total. The fourth-order valence-corrected chi connectivity index (χ4v) is 5.08. The molecule has 1 saturated heterocycles. The van der Waals surface area contributed by atoms with E-state index in [1.54, 1.807) is 13.3 Å². The quantitative estimate of drug-likeness (QED) is 0.306. The number of anilines is 1. The fourth-order valence-electron chi connectivity index (χ4n) is 4.48. The Hall–Kier alpha value is -3.55. The van der Waals surface area contributed by atoms with Gasteiger partial charge in [0.1, 0.15) is 17.5 Å². The standard InChI is InChI=1S/C27H25ClN4O2S/c1-3-34-20-12-9-18(10-13-20)31-16-6-8-23(31)26-25(22-7-4-5-15-29-22)30-27(35)32(26)19-11-14-24(33-2)21(28)17-19/h4-17,25-26H,3H2,1-2H3,(H,30,35). The van der Waals surface area contributed by atoms with Crippen molar-refractivity contribution in [1.82, 2.24) is 14.9 Å². The largest absolute Gasteiger partial charge is 0.495 e. The van der Waals surface area contributed by atoms with Gasteiger partial charge in [0.05, 0.1) is 30.5 Å². The average Bonchev–Trinajstić information content (AvgIpc) is 3.49. The van der Waals surface area contributed by atoms with Gasteiger partial charge in [0.25, 0.3) is 0 Å². The minimum Gasteiger partial charge on any atom is -0.495 e. The van der Waals surface area contributed by atoms with Crippen molar-refractivity contribution < 1.29 is 9.47 Å². The molecule has 35 heavy (non-hydrogen) atoms. The van der Waals surface area contributed by atoms with Gasteiger partial charge in [-0.05, 0) is 85.9 Å². The molecule has 0 saturated carbocycles. The van der Waals surface area contributed by atoms with E-state index in [4.69, 9.17) is 33.3 Å². The number of pyridine rings is 1. The first-order chi connectivity index (χ1) is 17.1. The Kier molecular flexibility index (Phi) is 6.61. The van der Waals surface area contributed by atoms with Crippen LogP contribution in [0.4, 0.5) is 5.69 Å². The highest BCUT2D eigenvalue weighted by atomic mass is 35.5. The predicted octanol–water partition coefficient (Wildman–Crippen LogP) is 6.11. The molecule has 1 aliphatic heterocycles. The summed E-state index contributed by atoms with van der Waals surface area (Å²) in [7, 11) is 1.60. The molecule has 1 fully saturated rings. The van der Waals surface area contributed by atoms with Crippen LogP contribution in [-0.4, -0.2) is 28.4 Å². The number of nitrogens with one attached hydrogen (secondary N) is 1. The van der Waals surface area contributed by atoms with Gasteiger partial charge in [-0.2, -0.15) is 0 Å². The second-order valence-corrected chi connectivity index (χ2v) is 8.84. The predicted molar refractivity (Wildman–Crippen MR) is 143 cm³/mol. The molecule has 8 heteroatoms. The van der Waals surface area contributed by atoms with Crippen LogP contribution in [0.5, 0.6) is 11.5 Å². The van der Waals surface area contributed by atoms with Gasteiger partial charge >= 0.3 is 0 Å². The Morgan fingerprint density at radius 2 is 1.83 bits per heavy atom. The summed E-state index contributed by atoms with van der Waals surface area (Å²) < 4.78 is 13.2. The first-order valence-electron chi connectivity index (χ1n) is 11.4. The van der Waals surface area contributed by atoms with Crippen LogP contribution in [0.2, 0.25) is 5.02 Å². The molecular weight excluding hydrogens is 480 g/mol. The number of nitrogens with zero attached hydrogens (tertiary/aromatic N) is 3. The van der Waals surface area contributed by atoms with Crippen molar-refractivity contribution in [3.63, 3.8) is 0 Å². The molecule has 5 rings (SSSR count). The zero-order valence-electron chi connectivity index (χ0n) is 19.4. The van der Waals surface area contributed by atoms with E-state index in [1.165, 1.54) is 0 Å². The SMILES string of the molecule is CCOc1ccc(-n2cccc2C2C(c3ccccn3)NC(=S)N2c2ccc(OC)c(Cl)c2)cc1. The molecule has 2 aromatic carbocycles. The summed E-state index contributed by atoms with van der Waals surface area (Å²) in [5.41, 5.74) is 3.86. The van der Waals surface area contributed by atoms with Crippen LogP contribution < -0.4 is 19.7 Å². The van der Waals surface area contributed by atoms with Gasteiger partial charge in [-0.15, -0.1) is 0 Å². The smallest absolute Gasteiger partial charge is 0.174 e. The molecule has 0 aliphatic carbocycles. The van der Waals surface area contributed by atoms with Gasteiger partial charge in [0.2, 0.25) is 0 Å². The Labute approximate surface area is 215 Å². The van der Waals surface area contributed by atoms with Crippen LogP contribution in [0.3, 0.4) is 0 Å². The van der Waals surface area contributed by atoms with E-state index in [0.717, 1.165) is 28.5 Å². The Morgan fingerprint density at radius 3 is 2.51 bits per heavy atom. The second kappa shape index (κ2) is 9.98. The number of methoxy groups -OCH3 is 1. The van der Waals surface area contributed by atoms with Crippen molar-refractivity contribution in [2.24, 2.45) is 0 Å². The maximum absolute atomic E-state index is 6.50. The Balaban J connectivity index is 1.62. The monoisotopic (exact) mass is 504 g/mol. The molecule has 0 radical (unpaired) electrons. The summed E-state index contributed by atoms with van der Waals surface area (Å²) in [5, 5.41) is 4.62. The molecule has 0 bridgehead atoms. The van der Waals surface area contributed by atoms with Crippen molar-refractivity contribution in [3.05, 3.63) is 102 Å². The van der Waals surface area contributed by atoms with E-state index in [-0.39, 0.29) is 12.1 Å². The lowest BCUT2D eigenvalue weighted by molar-refractivity contribution is 0.340. The highest BCUT2D eigenvalue weighted by Gasteiger charge is 2.42. The van der Waals surface area contributed by atoms with Gasteiger partial charge in [0.15, 0.2) is 5.11 Å². The minimum absolute atomic E-state index is 0.166. The lowest BCUT2D eigenvalue weighted by atomic mass is 10.0. The second-order valence-electron chi connectivity index (χ2n) is 8.05. The summed E-state index contributed by atoms with van der Waals surface area (Å²) in [5.74, 6) is 1.46. The number of thiocarbonyl (C=S) groups is 1. The number of benzene rings is 2. The third-order valence-electron chi connectivity index (χ3n) is 6.02. The Bertz CT molecular complexity index is 1330. The normalized spacial score (nSPS) is 17.3. The average molecular weight is 505 g/mol. The van der Waals surface area contributed by atoms with E-state index >= 15 is 0 Å². The molecule has 1 N–H and O–H groups in total. The molecule has 4 aromatic rings. The maximum atomic E-state index is 6.50. The minimum atomic E-state index is -0.177. The van der Waals surface area contributed by atoms with Crippen LogP contribution in [0, 0.1) is 0 Å². The molecule has 1 aliphatic rings. The highest BCUT2D eigenvalue weighted by Crippen LogP contribution is 2.43. The van der Waals surface area contributed by atoms with Crippen LogP contribution in [0.15, 0.2) is 85.2 Å². The topological polar surface area (TPSA) is 51.5 Å². The molecule has 3 heterocycles. The van der Waals surface area contributed by atoms with Crippen LogP contribution in [0.1, 0.15) is 30.4 Å². The van der Waals surface area contributed by atoms with Crippen LogP contribution in [-0.2, 0) is 0 Å². The van der Waals surface area contributed by atoms with E-state index in [0.29, 0.717) is 22.5 Å². The number of ether oxygens (including phenoxy) is 2. The van der Waals surface area contributed by atoms with E-state index in [2.05, 4.69) is 44.2 Å². The number of aromatic nitrogens is 2. The van der Waals surface area contributed by atoms with Crippen LogP contribution in [0.25, 0.3) is 5.69 Å². The van der Waals surface area contributed by atoms with E-state index < -0.39 is 0 Å². The molecule has 2 unspecified atom stereocenters. The van der Waals surface area contributed by atoms with Gasteiger partial charge in [0, 0.05) is 29.5 Å². The fraction of sp³-hybridized carbons (Fsp3) is 0.185. The van der Waals surface area contributed by atoms with Gasteiger partial charge in [-0.3, -0.25) is 4.98 Å². The molecular formula is C27H25ClN4O2S. The first-order valence-corrected chi connectivity index (χ1v) is 12.1. The molecule has 0 spiro atoms. The van der Waals surface area contributed by atoms with Crippen molar-refractivity contribution in [3.8, 4) is 17.2 Å². The van der Waals surface area contributed by atoms with E-state index in [1.807, 2.05) is 61.5 Å². The van der Waals surface area contributed by atoms with Crippen molar-refractivity contribution in [1.29, 1.82) is 0 Å². The maximum Gasteiger partial charge on any atom is 0.174 e. The first kappa shape index (κ1) is 23.2. The highest BCUT2D eigenvalue weighted by molar-refractivity contribution is 7.80. The Morgan fingerprint density at radius 1 is 1.03 bits per heavy atom. The molecule has 0 amide bonds. The molecule has 2 aromatic heterocycles. The zero-order chi connectivity index (χ0) is 24.4.